The molecule has 1 aromatic rings. The summed E-state index contributed by atoms with van der Waals surface area (Å²) in [5.74, 6) is 0.365. The van der Waals surface area contributed by atoms with Gasteiger partial charge in [0.15, 0.2) is 0 Å². The monoisotopic (exact) mass is 311 g/mol. The van der Waals surface area contributed by atoms with Crippen LogP contribution in [0.3, 0.4) is 0 Å². The van der Waals surface area contributed by atoms with E-state index < -0.39 is 0 Å². The van der Waals surface area contributed by atoms with E-state index in [9.17, 15) is 4.79 Å². The number of nitrogens with zero attached hydrogens (tertiary/aromatic N) is 1. The van der Waals surface area contributed by atoms with Crippen LogP contribution < -0.4 is 4.46 Å². The molecule has 0 aromatic heterocycles. The van der Waals surface area contributed by atoms with E-state index in [1.54, 1.807) is 0 Å². The molecule has 2 nitrogen and oxygen atoms in total. The maximum atomic E-state index is 12.0. The number of rotatable bonds is 5. The fourth-order valence-electron chi connectivity index (χ4n) is 2.40. The summed E-state index contributed by atoms with van der Waals surface area (Å²) in [6, 6.07) is 11.2. The molecule has 0 bridgehead atoms. The predicted octanol–water partition coefficient (Wildman–Crippen LogP) is 2.23. The van der Waals surface area contributed by atoms with Crippen LogP contribution in [-0.4, -0.2) is 38.4 Å². The van der Waals surface area contributed by atoms with Gasteiger partial charge in [-0.25, -0.2) is 0 Å². The summed E-state index contributed by atoms with van der Waals surface area (Å²) < 4.78 is 1.44. The first kappa shape index (κ1) is 13.6. The van der Waals surface area contributed by atoms with Gasteiger partial charge in [-0.15, -0.1) is 0 Å². The summed E-state index contributed by atoms with van der Waals surface area (Å²) in [4.78, 5) is 14.1. The zero-order chi connectivity index (χ0) is 12.8. The van der Waals surface area contributed by atoms with Crippen molar-refractivity contribution >= 4 is 25.3 Å². The topological polar surface area (TPSA) is 20.3 Å². The molecular formula is C15H21NOSe. The van der Waals surface area contributed by atoms with E-state index in [0.29, 0.717) is 26.9 Å². The Morgan fingerprint density at radius 2 is 2.17 bits per heavy atom. The number of amides is 1. The molecule has 1 saturated heterocycles. The second-order valence-electron chi connectivity index (χ2n) is 4.76. The molecule has 1 fully saturated rings. The number of hydrogen-bond donors (Lipinski definition) is 0. The summed E-state index contributed by atoms with van der Waals surface area (Å²) in [7, 11) is 0. The van der Waals surface area contributed by atoms with E-state index in [4.69, 9.17) is 0 Å². The average Bonchev–Trinajstić information content (AvgIpc) is 2.86. The van der Waals surface area contributed by atoms with Crippen LogP contribution in [0, 0.1) is 0 Å². The zero-order valence-electron chi connectivity index (χ0n) is 11.0. The Labute approximate surface area is 116 Å². The number of likely N-dealkylation sites (tertiary alicyclic amines) is 1. The quantitative estimate of drug-likeness (QED) is 0.764. The molecule has 2 rings (SSSR count). The SMILES string of the molecule is CCCC(=O)N1CCCC1C[Se]c1ccccc1. The Balaban J connectivity index is 1.86. The van der Waals surface area contributed by atoms with Crippen molar-refractivity contribution in [3.8, 4) is 0 Å². The third kappa shape index (κ3) is 3.60. The third-order valence-electron chi connectivity index (χ3n) is 3.35. The van der Waals surface area contributed by atoms with Crippen LogP contribution in [0.15, 0.2) is 30.3 Å². The summed E-state index contributed by atoms with van der Waals surface area (Å²) in [6.07, 6.45) is 4.07. The Morgan fingerprint density at radius 1 is 1.39 bits per heavy atom. The molecular weight excluding hydrogens is 289 g/mol. The van der Waals surface area contributed by atoms with Crippen molar-refractivity contribution < 1.29 is 4.79 Å². The van der Waals surface area contributed by atoms with E-state index in [0.717, 1.165) is 19.4 Å². The first-order chi connectivity index (χ1) is 8.81. The minimum absolute atomic E-state index is 0.365. The molecule has 0 aliphatic carbocycles. The molecule has 0 N–H and O–H groups in total. The first-order valence-corrected chi connectivity index (χ1v) is 8.85. The molecule has 0 saturated carbocycles. The van der Waals surface area contributed by atoms with Gasteiger partial charge in [-0.05, 0) is 0 Å². The van der Waals surface area contributed by atoms with Crippen molar-refractivity contribution in [1.82, 2.24) is 4.90 Å². The van der Waals surface area contributed by atoms with Crippen LogP contribution in [0.4, 0.5) is 0 Å². The van der Waals surface area contributed by atoms with E-state index in [1.165, 1.54) is 22.6 Å². The van der Waals surface area contributed by atoms with E-state index >= 15 is 0 Å². The predicted molar refractivity (Wildman–Crippen MR) is 76.3 cm³/mol. The van der Waals surface area contributed by atoms with Gasteiger partial charge in [0, 0.05) is 0 Å². The Hall–Kier alpha value is -0.791. The Kier molecular flexibility index (Phi) is 5.27. The molecule has 1 atom stereocenters. The molecule has 0 spiro atoms. The number of carbonyl (C=O) groups excluding carboxylic acids is 1. The van der Waals surface area contributed by atoms with Crippen LogP contribution in [-0.2, 0) is 4.79 Å². The van der Waals surface area contributed by atoms with E-state index in [2.05, 4.69) is 42.2 Å². The summed E-state index contributed by atoms with van der Waals surface area (Å²) in [5, 5.41) is 1.17. The Bertz CT molecular complexity index is 379. The van der Waals surface area contributed by atoms with Gasteiger partial charge in [0.25, 0.3) is 0 Å². The number of hydrogen-bond acceptors (Lipinski definition) is 1. The van der Waals surface area contributed by atoms with Crippen LogP contribution >= 0.6 is 0 Å². The molecule has 98 valence electrons. The zero-order valence-corrected chi connectivity index (χ0v) is 12.7. The fourth-order valence-corrected chi connectivity index (χ4v) is 4.67. The van der Waals surface area contributed by atoms with Crippen molar-refractivity contribution in [2.75, 3.05) is 6.54 Å². The van der Waals surface area contributed by atoms with Crippen LogP contribution in [0.25, 0.3) is 0 Å². The minimum atomic E-state index is 0.365. The van der Waals surface area contributed by atoms with E-state index in [-0.39, 0.29) is 0 Å². The van der Waals surface area contributed by atoms with Crippen molar-refractivity contribution in [3.05, 3.63) is 30.3 Å². The summed E-state index contributed by atoms with van der Waals surface area (Å²) >= 11 is 0.501. The van der Waals surface area contributed by atoms with Gasteiger partial charge in [-0.3, -0.25) is 0 Å². The Morgan fingerprint density at radius 3 is 2.89 bits per heavy atom. The molecule has 1 aliphatic heterocycles. The number of carbonyl (C=O) groups is 1. The molecule has 18 heavy (non-hydrogen) atoms. The normalized spacial score (nSPS) is 19.2. The van der Waals surface area contributed by atoms with Gasteiger partial charge in [0.1, 0.15) is 0 Å². The second-order valence-corrected chi connectivity index (χ2v) is 7.05. The second kappa shape index (κ2) is 6.96. The van der Waals surface area contributed by atoms with Crippen LogP contribution in [0.1, 0.15) is 32.6 Å². The molecule has 1 heterocycles. The molecule has 1 unspecified atom stereocenters. The van der Waals surface area contributed by atoms with Gasteiger partial charge >= 0.3 is 116 Å². The molecule has 0 radical (unpaired) electrons. The molecule has 3 heteroatoms. The third-order valence-corrected chi connectivity index (χ3v) is 5.77. The number of benzene rings is 1. The van der Waals surface area contributed by atoms with Crippen molar-refractivity contribution in [3.63, 3.8) is 0 Å². The summed E-state index contributed by atoms with van der Waals surface area (Å²) in [5.41, 5.74) is 0. The van der Waals surface area contributed by atoms with Crippen molar-refractivity contribution in [2.45, 2.75) is 44.0 Å². The standard InChI is InChI=1S/C15H21NOSe/c1-2-7-15(17)16-11-6-8-13(16)12-18-14-9-4-3-5-10-14/h3-5,9-10,13H,2,6-8,11-12H2,1H3. The maximum absolute atomic E-state index is 12.0. The van der Waals surface area contributed by atoms with Gasteiger partial charge < -0.3 is 0 Å². The van der Waals surface area contributed by atoms with Gasteiger partial charge in [-0.1, -0.05) is 0 Å². The van der Waals surface area contributed by atoms with Crippen molar-refractivity contribution in [1.29, 1.82) is 0 Å². The average molecular weight is 310 g/mol. The van der Waals surface area contributed by atoms with Crippen LogP contribution in [0.5, 0.6) is 0 Å². The van der Waals surface area contributed by atoms with E-state index in [1.807, 2.05) is 0 Å². The molecule has 1 aliphatic rings. The first-order valence-electron chi connectivity index (χ1n) is 6.78. The summed E-state index contributed by atoms with van der Waals surface area (Å²) in [6.45, 7) is 3.06. The molecule has 1 aromatic carbocycles. The molecule has 1 amide bonds. The fraction of sp³-hybridized carbons (Fsp3) is 0.533. The van der Waals surface area contributed by atoms with Gasteiger partial charge in [-0.2, -0.15) is 0 Å². The van der Waals surface area contributed by atoms with Gasteiger partial charge in [0.05, 0.1) is 0 Å². The van der Waals surface area contributed by atoms with Crippen LogP contribution in [0.2, 0.25) is 5.32 Å². The van der Waals surface area contributed by atoms with Crippen molar-refractivity contribution in [2.24, 2.45) is 0 Å². The van der Waals surface area contributed by atoms with Gasteiger partial charge in [0.2, 0.25) is 0 Å².